The molecular weight excluding hydrogens is 386 g/mol. The second-order valence-corrected chi connectivity index (χ2v) is 9.70. The molecule has 0 saturated carbocycles. The monoisotopic (exact) mass is 421 g/mol. The van der Waals surface area contributed by atoms with Crippen LogP contribution in [0.25, 0.3) is 10.9 Å². The third-order valence-electron chi connectivity index (χ3n) is 6.87. The lowest BCUT2D eigenvalue weighted by atomic mass is 9.92. The number of allylic oxidation sites excluding steroid dienone is 1. The number of para-hydroxylation sites is 1. The van der Waals surface area contributed by atoms with Crippen LogP contribution >= 0.6 is 0 Å². The zero-order chi connectivity index (χ0) is 22.0. The average Bonchev–Trinajstić information content (AvgIpc) is 3.12. The van der Waals surface area contributed by atoms with Gasteiger partial charge in [0.15, 0.2) is 0 Å². The molecule has 2 heterocycles. The summed E-state index contributed by atoms with van der Waals surface area (Å²) in [5.74, 6) is 0.429. The SMILES string of the molecule is CC(C)CCNC(=O)[C@]1(C)Cn2c(cc3ccccc32)C(=O)N1CCC1=CCCCC1. The van der Waals surface area contributed by atoms with Crippen molar-refractivity contribution in [3.63, 3.8) is 0 Å². The van der Waals surface area contributed by atoms with Gasteiger partial charge in [-0.15, -0.1) is 0 Å². The van der Waals surface area contributed by atoms with Crippen LogP contribution in [0, 0.1) is 5.92 Å². The first-order valence-electron chi connectivity index (χ1n) is 11.8. The average molecular weight is 422 g/mol. The predicted octanol–water partition coefficient (Wildman–Crippen LogP) is 4.91. The Morgan fingerprint density at radius 3 is 2.77 bits per heavy atom. The van der Waals surface area contributed by atoms with E-state index in [1.54, 1.807) is 0 Å². The first kappa shape index (κ1) is 21.7. The van der Waals surface area contributed by atoms with E-state index in [2.05, 4.69) is 25.2 Å². The molecule has 1 N–H and O–H groups in total. The van der Waals surface area contributed by atoms with Crippen molar-refractivity contribution in [1.29, 1.82) is 0 Å². The maximum atomic E-state index is 13.7. The maximum Gasteiger partial charge on any atom is 0.271 e. The van der Waals surface area contributed by atoms with Gasteiger partial charge in [0.1, 0.15) is 11.2 Å². The summed E-state index contributed by atoms with van der Waals surface area (Å²) in [5.41, 5.74) is 2.22. The molecule has 166 valence electrons. The van der Waals surface area contributed by atoms with Crippen LogP contribution in [-0.4, -0.2) is 39.9 Å². The Morgan fingerprint density at radius 1 is 1.23 bits per heavy atom. The highest BCUT2D eigenvalue weighted by molar-refractivity contribution is 6.03. The number of carbonyl (C=O) groups is 2. The Labute approximate surface area is 185 Å². The smallest absolute Gasteiger partial charge is 0.271 e. The fraction of sp³-hybridized carbons (Fsp3) is 0.538. The number of aromatic nitrogens is 1. The molecule has 2 aromatic rings. The van der Waals surface area contributed by atoms with Crippen LogP contribution in [0.3, 0.4) is 0 Å². The van der Waals surface area contributed by atoms with Gasteiger partial charge in [0.05, 0.1) is 6.54 Å². The normalized spacial score (nSPS) is 21.4. The van der Waals surface area contributed by atoms with Crippen LogP contribution < -0.4 is 5.32 Å². The highest BCUT2D eigenvalue weighted by atomic mass is 16.2. The van der Waals surface area contributed by atoms with Crippen LogP contribution in [-0.2, 0) is 11.3 Å². The van der Waals surface area contributed by atoms with E-state index >= 15 is 0 Å². The minimum atomic E-state index is -0.905. The Hall–Kier alpha value is -2.56. The van der Waals surface area contributed by atoms with Crippen LogP contribution in [0.5, 0.6) is 0 Å². The maximum absolute atomic E-state index is 13.7. The second kappa shape index (κ2) is 8.89. The number of hydrogen-bond donors (Lipinski definition) is 1. The second-order valence-electron chi connectivity index (χ2n) is 9.70. The molecule has 1 aromatic carbocycles. The third-order valence-corrected chi connectivity index (χ3v) is 6.87. The fourth-order valence-electron chi connectivity index (χ4n) is 4.91. The van der Waals surface area contributed by atoms with Gasteiger partial charge in [0.25, 0.3) is 5.91 Å². The largest absolute Gasteiger partial charge is 0.354 e. The Bertz CT molecular complexity index is 1000. The number of rotatable bonds is 7. The predicted molar refractivity (Wildman–Crippen MR) is 125 cm³/mol. The fourth-order valence-corrected chi connectivity index (χ4v) is 4.91. The van der Waals surface area contributed by atoms with Gasteiger partial charge in [-0.3, -0.25) is 9.59 Å². The van der Waals surface area contributed by atoms with Crippen molar-refractivity contribution in [3.8, 4) is 0 Å². The lowest BCUT2D eigenvalue weighted by Crippen LogP contribution is -2.64. The topological polar surface area (TPSA) is 54.3 Å². The van der Waals surface area contributed by atoms with Gasteiger partial charge < -0.3 is 14.8 Å². The van der Waals surface area contributed by atoms with Gasteiger partial charge in [-0.2, -0.15) is 0 Å². The molecule has 0 unspecified atom stereocenters. The quantitative estimate of drug-likeness (QED) is 0.646. The van der Waals surface area contributed by atoms with E-state index in [4.69, 9.17) is 0 Å². The van der Waals surface area contributed by atoms with Crippen LogP contribution in [0.1, 0.15) is 69.8 Å². The number of fused-ring (bicyclic) bond motifs is 3. The minimum absolute atomic E-state index is 0.0413. The summed E-state index contributed by atoms with van der Waals surface area (Å²) in [5, 5.41) is 4.17. The number of amides is 2. The van der Waals surface area contributed by atoms with Crippen molar-refractivity contribution >= 4 is 22.7 Å². The van der Waals surface area contributed by atoms with Crippen LogP contribution in [0.4, 0.5) is 0 Å². The molecule has 5 nitrogen and oxygen atoms in total. The molecule has 0 spiro atoms. The van der Waals surface area contributed by atoms with E-state index in [1.165, 1.54) is 18.4 Å². The van der Waals surface area contributed by atoms with E-state index in [-0.39, 0.29) is 11.8 Å². The number of carbonyl (C=O) groups excluding carboxylic acids is 2. The van der Waals surface area contributed by atoms with Gasteiger partial charge in [0.2, 0.25) is 5.91 Å². The van der Waals surface area contributed by atoms with Crippen molar-refractivity contribution in [1.82, 2.24) is 14.8 Å². The van der Waals surface area contributed by atoms with E-state index in [0.29, 0.717) is 31.2 Å². The summed E-state index contributed by atoms with van der Waals surface area (Å²) < 4.78 is 2.04. The van der Waals surface area contributed by atoms with E-state index in [9.17, 15) is 9.59 Å². The summed E-state index contributed by atoms with van der Waals surface area (Å²) in [6.45, 7) is 7.94. The molecule has 1 atom stereocenters. The molecule has 2 aliphatic rings. The van der Waals surface area contributed by atoms with E-state index < -0.39 is 5.54 Å². The number of nitrogens with one attached hydrogen (secondary N) is 1. The Kier molecular flexibility index (Phi) is 6.22. The standard InChI is InChI=1S/C26H35N3O2/c1-19(2)13-15-27-25(31)26(3)18-28-22-12-8-7-11-21(22)17-23(28)24(30)29(26)16-14-20-9-5-4-6-10-20/h7-9,11-12,17,19H,4-6,10,13-16,18H2,1-3H3,(H,27,31)/t26-/m0/s1. The highest BCUT2D eigenvalue weighted by Gasteiger charge is 2.47. The van der Waals surface area contributed by atoms with Gasteiger partial charge in [0, 0.05) is 24.0 Å². The Balaban J connectivity index is 1.65. The van der Waals surface area contributed by atoms with Crippen LogP contribution in [0.2, 0.25) is 0 Å². The summed E-state index contributed by atoms with van der Waals surface area (Å²) in [6, 6.07) is 10.0. The lowest BCUT2D eigenvalue weighted by molar-refractivity contribution is -0.132. The number of benzene rings is 1. The first-order chi connectivity index (χ1) is 14.9. The summed E-state index contributed by atoms with van der Waals surface area (Å²) >= 11 is 0. The van der Waals surface area contributed by atoms with Gasteiger partial charge in [-0.25, -0.2) is 0 Å². The molecule has 1 aromatic heterocycles. The molecule has 1 aliphatic carbocycles. The van der Waals surface area contributed by atoms with Crippen molar-refractivity contribution in [2.24, 2.45) is 5.92 Å². The highest BCUT2D eigenvalue weighted by Crippen LogP contribution is 2.33. The first-order valence-corrected chi connectivity index (χ1v) is 11.8. The molecule has 2 amide bonds. The summed E-state index contributed by atoms with van der Waals surface area (Å²) in [6.07, 6.45) is 8.82. The van der Waals surface area contributed by atoms with Crippen LogP contribution in [0.15, 0.2) is 42.0 Å². The van der Waals surface area contributed by atoms with Crippen molar-refractivity contribution in [3.05, 3.63) is 47.7 Å². The third kappa shape index (κ3) is 4.28. The number of nitrogens with zero attached hydrogens (tertiary/aromatic N) is 2. The van der Waals surface area contributed by atoms with Gasteiger partial charge in [-0.05, 0) is 63.5 Å². The molecule has 1 aliphatic heterocycles. The summed E-state index contributed by atoms with van der Waals surface area (Å²) in [4.78, 5) is 28.9. The van der Waals surface area contributed by atoms with Crippen molar-refractivity contribution < 1.29 is 9.59 Å². The van der Waals surface area contributed by atoms with Crippen molar-refractivity contribution in [2.75, 3.05) is 13.1 Å². The summed E-state index contributed by atoms with van der Waals surface area (Å²) in [7, 11) is 0. The van der Waals surface area contributed by atoms with Crippen molar-refractivity contribution in [2.45, 2.75) is 71.4 Å². The molecule has 0 bridgehead atoms. The lowest BCUT2D eigenvalue weighted by Gasteiger charge is -2.44. The molecule has 5 heteroatoms. The van der Waals surface area contributed by atoms with Gasteiger partial charge >= 0.3 is 0 Å². The minimum Gasteiger partial charge on any atom is -0.354 e. The zero-order valence-electron chi connectivity index (χ0n) is 19.1. The van der Waals surface area contributed by atoms with E-state index in [1.807, 2.05) is 46.7 Å². The molecular formula is C26H35N3O2. The molecule has 31 heavy (non-hydrogen) atoms. The molecule has 4 rings (SSSR count). The van der Waals surface area contributed by atoms with E-state index in [0.717, 1.165) is 36.6 Å². The molecule has 0 radical (unpaired) electrons. The Morgan fingerprint density at radius 2 is 2.03 bits per heavy atom. The zero-order valence-corrected chi connectivity index (χ0v) is 19.1. The molecule has 0 saturated heterocycles. The number of hydrogen-bond acceptors (Lipinski definition) is 2. The molecule has 0 fully saturated rings. The van der Waals surface area contributed by atoms with Gasteiger partial charge in [-0.1, -0.05) is 43.7 Å².